The number of anilines is 1. The van der Waals surface area contributed by atoms with Crippen LogP contribution in [0.4, 0.5) is 32.3 Å². The van der Waals surface area contributed by atoms with Gasteiger partial charge in [-0.15, -0.1) is 0 Å². The number of aliphatic imine (C=N–C) groups is 1. The quantitative estimate of drug-likeness (QED) is 0.379. The van der Waals surface area contributed by atoms with Crippen LogP contribution >= 0.6 is 0 Å². The number of aromatic nitrogens is 3. The fraction of sp³-hybridized carbons (Fsp3) is 0.250. The lowest BCUT2D eigenvalue weighted by atomic mass is 10.00. The Hall–Kier alpha value is -3.41. The number of nitrogens with two attached hydrogens (primary N) is 1. The highest BCUT2D eigenvalue weighted by atomic mass is 19.4. The zero-order valence-corrected chi connectivity index (χ0v) is 16.6. The van der Waals surface area contributed by atoms with Crippen LogP contribution in [0.5, 0.6) is 0 Å². The maximum Gasteiger partial charge on any atom is 0.416 e. The summed E-state index contributed by atoms with van der Waals surface area (Å²) < 4.78 is 76.9. The van der Waals surface area contributed by atoms with E-state index in [4.69, 9.17) is 5.73 Å². The molecule has 32 heavy (non-hydrogen) atoms. The standard InChI is InChI=1S/C20H18F6N6/c1-10(14-8-29-15-5-12(19(21,22)23)3-4-13(14)15)17-11(6-28-2)7-30-18(32-17)31-9-16(27)20(24,25)26/h3-8,16,29H,1,9,27H2,2H3,(H,30,31,32). The van der Waals surface area contributed by atoms with Crippen molar-refractivity contribution in [1.29, 1.82) is 0 Å². The van der Waals surface area contributed by atoms with Gasteiger partial charge in [-0.2, -0.15) is 26.3 Å². The summed E-state index contributed by atoms with van der Waals surface area (Å²) in [4.78, 5) is 14.9. The maximum absolute atomic E-state index is 13.0. The Labute approximate surface area is 178 Å². The summed E-state index contributed by atoms with van der Waals surface area (Å²) >= 11 is 0. The zero-order valence-electron chi connectivity index (χ0n) is 16.6. The van der Waals surface area contributed by atoms with Gasteiger partial charge < -0.3 is 16.0 Å². The monoisotopic (exact) mass is 456 g/mol. The molecule has 1 aromatic carbocycles. The second kappa shape index (κ2) is 8.61. The first-order chi connectivity index (χ1) is 14.9. The van der Waals surface area contributed by atoms with Crippen molar-refractivity contribution in [2.24, 2.45) is 10.7 Å². The zero-order chi connectivity index (χ0) is 23.7. The molecule has 1 unspecified atom stereocenters. The van der Waals surface area contributed by atoms with E-state index in [2.05, 4.69) is 31.8 Å². The molecular formula is C20H18F6N6. The maximum atomic E-state index is 13.0. The molecule has 4 N–H and O–H groups in total. The van der Waals surface area contributed by atoms with E-state index in [0.29, 0.717) is 22.1 Å². The van der Waals surface area contributed by atoms with Crippen LogP contribution in [0.1, 0.15) is 22.4 Å². The third-order valence-corrected chi connectivity index (χ3v) is 4.61. The van der Waals surface area contributed by atoms with Gasteiger partial charge in [0.25, 0.3) is 0 Å². The van der Waals surface area contributed by atoms with Crippen molar-refractivity contribution in [2.75, 3.05) is 18.9 Å². The fourth-order valence-corrected chi connectivity index (χ4v) is 2.95. The summed E-state index contributed by atoms with van der Waals surface area (Å²) in [5, 5.41) is 2.90. The second-order valence-corrected chi connectivity index (χ2v) is 6.85. The molecule has 3 rings (SSSR count). The van der Waals surface area contributed by atoms with Crippen LogP contribution in [0.2, 0.25) is 0 Å². The first-order valence-electron chi connectivity index (χ1n) is 9.15. The summed E-state index contributed by atoms with van der Waals surface area (Å²) in [5.41, 5.74) is 5.97. The van der Waals surface area contributed by atoms with Gasteiger partial charge in [0.05, 0.1) is 11.3 Å². The van der Waals surface area contributed by atoms with E-state index >= 15 is 0 Å². The number of benzene rings is 1. The molecular weight excluding hydrogens is 438 g/mol. The number of fused-ring (bicyclic) bond motifs is 1. The molecule has 2 heterocycles. The Bertz CT molecular complexity index is 1160. The second-order valence-electron chi connectivity index (χ2n) is 6.85. The van der Waals surface area contributed by atoms with Gasteiger partial charge in [0.2, 0.25) is 5.95 Å². The summed E-state index contributed by atoms with van der Waals surface area (Å²) in [6.45, 7) is 3.33. The number of H-pyrrole nitrogens is 1. The van der Waals surface area contributed by atoms with Crippen LogP contribution in [-0.2, 0) is 6.18 Å². The summed E-state index contributed by atoms with van der Waals surface area (Å²) in [6, 6.07) is 1.12. The number of aromatic amines is 1. The Morgan fingerprint density at radius 3 is 2.62 bits per heavy atom. The van der Waals surface area contributed by atoms with Gasteiger partial charge in [-0.25, -0.2) is 9.97 Å². The summed E-state index contributed by atoms with van der Waals surface area (Å²) in [5.74, 6) is -0.117. The lowest BCUT2D eigenvalue weighted by Gasteiger charge is -2.16. The van der Waals surface area contributed by atoms with E-state index in [9.17, 15) is 26.3 Å². The minimum atomic E-state index is -4.59. The molecule has 0 fully saturated rings. The molecule has 0 saturated carbocycles. The van der Waals surface area contributed by atoms with Gasteiger partial charge in [0.1, 0.15) is 6.04 Å². The predicted octanol–water partition coefficient (Wildman–Crippen LogP) is 4.39. The number of hydrogen-bond acceptors (Lipinski definition) is 5. The number of hydrogen-bond donors (Lipinski definition) is 3. The topological polar surface area (TPSA) is 92.0 Å². The van der Waals surface area contributed by atoms with Crippen LogP contribution < -0.4 is 11.1 Å². The van der Waals surface area contributed by atoms with E-state index in [1.165, 1.54) is 31.7 Å². The minimum Gasteiger partial charge on any atom is -0.361 e. The molecule has 0 radical (unpaired) electrons. The van der Waals surface area contributed by atoms with Crippen LogP contribution in [0.15, 0.2) is 42.2 Å². The SMILES string of the molecule is C=C(c1nc(NCC(N)C(F)(F)F)ncc1C=NC)c1c[nH]c2cc(C(F)(F)F)ccc12. The Kier molecular flexibility index (Phi) is 6.26. The third-order valence-electron chi connectivity index (χ3n) is 4.61. The van der Waals surface area contributed by atoms with Gasteiger partial charge in [-0.3, -0.25) is 4.99 Å². The lowest BCUT2D eigenvalue weighted by molar-refractivity contribution is -0.144. The van der Waals surface area contributed by atoms with Gasteiger partial charge >= 0.3 is 12.4 Å². The highest BCUT2D eigenvalue weighted by molar-refractivity contribution is 5.99. The normalized spacial score (nSPS) is 13.6. The molecule has 2 aromatic heterocycles. The molecule has 3 aromatic rings. The molecule has 12 heteroatoms. The van der Waals surface area contributed by atoms with E-state index in [-0.39, 0.29) is 17.2 Å². The van der Waals surface area contributed by atoms with Gasteiger partial charge in [0.15, 0.2) is 0 Å². The van der Waals surface area contributed by atoms with Crippen molar-refractivity contribution in [3.8, 4) is 0 Å². The summed E-state index contributed by atoms with van der Waals surface area (Å²) in [7, 11) is 1.51. The molecule has 0 aliphatic rings. The van der Waals surface area contributed by atoms with Crippen LogP contribution in [-0.4, -0.2) is 47.0 Å². The molecule has 6 nitrogen and oxygen atoms in total. The van der Waals surface area contributed by atoms with Crippen molar-refractivity contribution >= 4 is 28.6 Å². The first-order valence-corrected chi connectivity index (χ1v) is 9.15. The predicted molar refractivity (Wildman–Crippen MR) is 110 cm³/mol. The molecule has 0 spiro atoms. The molecule has 1 atom stereocenters. The van der Waals surface area contributed by atoms with E-state index < -0.39 is 30.5 Å². The molecule has 0 aliphatic heterocycles. The smallest absolute Gasteiger partial charge is 0.361 e. The average molecular weight is 456 g/mol. The highest BCUT2D eigenvalue weighted by Crippen LogP contribution is 2.34. The minimum absolute atomic E-state index is 0.117. The van der Waals surface area contributed by atoms with E-state index in [1.807, 2.05) is 0 Å². The van der Waals surface area contributed by atoms with Crippen molar-refractivity contribution < 1.29 is 26.3 Å². The van der Waals surface area contributed by atoms with Crippen molar-refractivity contribution in [3.63, 3.8) is 0 Å². The fourth-order valence-electron chi connectivity index (χ4n) is 2.95. The number of nitrogens with zero attached hydrogens (tertiary/aromatic N) is 3. The first kappa shape index (κ1) is 23.3. The molecule has 0 saturated heterocycles. The Morgan fingerprint density at radius 1 is 1.28 bits per heavy atom. The lowest BCUT2D eigenvalue weighted by Crippen LogP contribution is -2.43. The van der Waals surface area contributed by atoms with Crippen LogP contribution in [0, 0.1) is 0 Å². The molecule has 170 valence electrons. The number of rotatable bonds is 6. The average Bonchev–Trinajstić information content (AvgIpc) is 3.14. The largest absolute Gasteiger partial charge is 0.416 e. The Morgan fingerprint density at radius 2 is 2.00 bits per heavy atom. The van der Waals surface area contributed by atoms with E-state index in [1.54, 1.807) is 0 Å². The van der Waals surface area contributed by atoms with Gasteiger partial charge in [-0.1, -0.05) is 12.6 Å². The van der Waals surface area contributed by atoms with Gasteiger partial charge in [0, 0.05) is 59.8 Å². The number of halogens is 6. The van der Waals surface area contributed by atoms with Gasteiger partial charge in [-0.05, 0) is 12.1 Å². The van der Waals surface area contributed by atoms with Crippen LogP contribution in [0.3, 0.4) is 0 Å². The van der Waals surface area contributed by atoms with E-state index in [0.717, 1.165) is 12.1 Å². The molecule has 0 amide bonds. The van der Waals surface area contributed by atoms with Crippen LogP contribution in [0.25, 0.3) is 16.5 Å². The number of alkyl halides is 6. The number of nitrogens with one attached hydrogen (secondary N) is 2. The third kappa shape index (κ3) is 4.90. The molecule has 0 bridgehead atoms. The van der Waals surface area contributed by atoms with Crippen molar-refractivity contribution in [2.45, 2.75) is 18.4 Å². The van der Waals surface area contributed by atoms with Crippen molar-refractivity contribution in [3.05, 3.63) is 59.6 Å². The van der Waals surface area contributed by atoms with Crippen molar-refractivity contribution in [1.82, 2.24) is 15.0 Å². The highest BCUT2D eigenvalue weighted by Gasteiger charge is 2.36. The molecule has 0 aliphatic carbocycles. The summed E-state index contributed by atoms with van der Waals surface area (Å²) in [6.07, 6.45) is -4.82. The Balaban J connectivity index is 1.97.